The first-order valence-corrected chi connectivity index (χ1v) is 11.7. The van der Waals surface area contributed by atoms with E-state index in [1.54, 1.807) is 30.8 Å². The highest BCUT2D eigenvalue weighted by atomic mass is 16.5. The Kier molecular flexibility index (Phi) is 6.58. The fourth-order valence-electron chi connectivity index (χ4n) is 4.28. The third kappa shape index (κ3) is 4.89. The Labute approximate surface area is 209 Å². The Morgan fingerprint density at radius 2 is 1.83 bits per heavy atom. The molecule has 0 bridgehead atoms. The lowest BCUT2D eigenvalue weighted by molar-refractivity contribution is 0.0706. The smallest absolute Gasteiger partial charge is 0.274 e. The van der Waals surface area contributed by atoms with E-state index in [0.717, 1.165) is 65.3 Å². The van der Waals surface area contributed by atoms with E-state index in [-0.39, 0.29) is 0 Å². The molecule has 1 aliphatic heterocycles. The lowest BCUT2D eigenvalue weighted by atomic mass is 10.1. The molecule has 8 heteroatoms. The average molecular weight is 482 g/mol. The molecule has 0 spiro atoms. The second-order valence-corrected chi connectivity index (χ2v) is 8.76. The van der Waals surface area contributed by atoms with Crippen LogP contribution >= 0.6 is 0 Å². The number of amides is 1. The van der Waals surface area contributed by atoms with Gasteiger partial charge in [0.25, 0.3) is 5.91 Å². The summed E-state index contributed by atoms with van der Waals surface area (Å²) in [5.74, 6) is 7.53. The number of hydroxylamine groups is 1. The van der Waals surface area contributed by atoms with Crippen molar-refractivity contribution in [2.24, 2.45) is 0 Å². The number of anilines is 1. The number of imidazole rings is 1. The van der Waals surface area contributed by atoms with Crippen LogP contribution in [0.5, 0.6) is 5.75 Å². The van der Waals surface area contributed by atoms with E-state index in [0.29, 0.717) is 11.4 Å². The Morgan fingerprint density at radius 1 is 1.06 bits per heavy atom. The highest BCUT2D eigenvalue weighted by molar-refractivity contribution is 5.94. The van der Waals surface area contributed by atoms with Gasteiger partial charge in [0.1, 0.15) is 11.6 Å². The number of methoxy groups -OCH3 is 1. The van der Waals surface area contributed by atoms with Gasteiger partial charge in [-0.1, -0.05) is 24.0 Å². The predicted molar refractivity (Wildman–Crippen MR) is 139 cm³/mol. The monoisotopic (exact) mass is 481 g/mol. The van der Waals surface area contributed by atoms with Crippen LogP contribution in [-0.2, 0) is 0 Å². The van der Waals surface area contributed by atoms with Gasteiger partial charge in [-0.05, 0) is 55.6 Å². The van der Waals surface area contributed by atoms with Gasteiger partial charge in [-0.25, -0.2) is 10.5 Å². The zero-order valence-corrected chi connectivity index (χ0v) is 20.2. The van der Waals surface area contributed by atoms with Gasteiger partial charge in [0.15, 0.2) is 0 Å². The molecule has 36 heavy (non-hydrogen) atoms. The number of H-pyrrole nitrogens is 1. The molecule has 1 saturated heterocycles. The van der Waals surface area contributed by atoms with Crippen molar-refractivity contribution in [2.75, 3.05) is 45.2 Å². The van der Waals surface area contributed by atoms with Crippen molar-refractivity contribution < 1.29 is 14.7 Å². The molecule has 0 unspecified atom stereocenters. The van der Waals surface area contributed by atoms with E-state index >= 15 is 0 Å². The molecule has 1 fully saturated rings. The summed E-state index contributed by atoms with van der Waals surface area (Å²) in [4.78, 5) is 24.7. The molecule has 0 aliphatic carbocycles. The molecule has 0 saturated carbocycles. The van der Waals surface area contributed by atoms with Gasteiger partial charge in [-0.15, -0.1) is 0 Å². The Balaban J connectivity index is 1.56. The number of aromatic nitrogens is 2. The van der Waals surface area contributed by atoms with Crippen LogP contribution in [0.2, 0.25) is 0 Å². The van der Waals surface area contributed by atoms with Gasteiger partial charge < -0.3 is 19.5 Å². The van der Waals surface area contributed by atoms with E-state index in [1.807, 2.05) is 36.4 Å². The van der Waals surface area contributed by atoms with Crippen LogP contribution in [0.25, 0.3) is 22.4 Å². The summed E-state index contributed by atoms with van der Waals surface area (Å²) >= 11 is 0. The summed E-state index contributed by atoms with van der Waals surface area (Å²) in [5.41, 5.74) is 7.34. The number of rotatable bonds is 4. The maximum atomic E-state index is 11.9. The third-order valence-electron chi connectivity index (χ3n) is 6.37. The van der Waals surface area contributed by atoms with Crippen LogP contribution in [0.15, 0.2) is 60.7 Å². The van der Waals surface area contributed by atoms with Crippen molar-refractivity contribution in [3.63, 3.8) is 0 Å². The quantitative estimate of drug-likeness (QED) is 0.235. The Hall–Kier alpha value is -4.32. The van der Waals surface area contributed by atoms with Crippen molar-refractivity contribution >= 4 is 22.6 Å². The highest BCUT2D eigenvalue weighted by Gasteiger charge is 2.19. The summed E-state index contributed by atoms with van der Waals surface area (Å²) in [7, 11) is 3.78. The van der Waals surface area contributed by atoms with E-state index < -0.39 is 5.91 Å². The number of benzene rings is 3. The molecule has 8 nitrogen and oxygen atoms in total. The normalized spacial score (nSPS) is 13.8. The predicted octanol–water partition coefficient (Wildman–Crippen LogP) is 3.51. The minimum absolute atomic E-state index is 0.347. The van der Waals surface area contributed by atoms with Gasteiger partial charge >= 0.3 is 0 Å². The average Bonchev–Trinajstić information content (AvgIpc) is 3.35. The number of carbonyl (C=O) groups excluding carboxylic acids is 1. The van der Waals surface area contributed by atoms with Crippen LogP contribution in [0.3, 0.4) is 0 Å². The van der Waals surface area contributed by atoms with Gasteiger partial charge in [0.05, 0.1) is 29.4 Å². The molecule has 1 aromatic heterocycles. The van der Waals surface area contributed by atoms with Crippen LogP contribution in [-0.4, -0.2) is 66.3 Å². The van der Waals surface area contributed by atoms with Crippen LogP contribution in [0.4, 0.5) is 5.69 Å². The molecule has 3 aromatic carbocycles. The number of nitrogens with zero attached hydrogens (tertiary/aromatic N) is 3. The topological polar surface area (TPSA) is 93.7 Å². The number of carbonyl (C=O) groups is 1. The van der Waals surface area contributed by atoms with Crippen molar-refractivity contribution in [3.05, 3.63) is 77.4 Å². The first-order chi connectivity index (χ1) is 17.5. The number of nitrogens with one attached hydrogen (secondary N) is 2. The van der Waals surface area contributed by atoms with E-state index in [2.05, 4.69) is 39.7 Å². The van der Waals surface area contributed by atoms with Crippen LogP contribution in [0.1, 0.15) is 21.5 Å². The fourth-order valence-corrected chi connectivity index (χ4v) is 4.28. The minimum atomic E-state index is -0.568. The Bertz CT molecular complexity index is 1460. The van der Waals surface area contributed by atoms with E-state index in [9.17, 15) is 4.79 Å². The van der Waals surface area contributed by atoms with Crippen LogP contribution in [0, 0.1) is 11.8 Å². The maximum absolute atomic E-state index is 11.9. The number of fused-ring (bicyclic) bond motifs is 1. The second kappa shape index (κ2) is 10.1. The molecule has 2 heterocycles. The van der Waals surface area contributed by atoms with Crippen LogP contribution < -0.4 is 15.1 Å². The molecule has 182 valence electrons. The van der Waals surface area contributed by atoms with Gasteiger partial charge in [0, 0.05) is 42.9 Å². The lowest BCUT2D eigenvalue weighted by Crippen LogP contribution is -2.44. The summed E-state index contributed by atoms with van der Waals surface area (Å²) in [6.45, 7) is 3.79. The van der Waals surface area contributed by atoms with Crippen molar-refractivity contribution in [1.29, 1.82) is 0 Å². The standard InChI is InChI=1S/C28H27N5O3/c1-32-12-14-33(15-13-32)26-18-25-24(17-20(26)9-6-19-7-10-23(36-2)11-8-19)29-27(30-25)21-4-3-5-22(16-21)28(34)31-35/h3-5,7-8,10-11,16-18,35H,12-15H2,1-2H3,(H,29,30)(H,31,34). The fraction of sp³-hybridized carbons (Fsp3) is 0.214. The summed E-state index contributed by atoms with van der Waals surface area (Å²) in [6, 6.07) is 18.8. The zero-order valence-electron chi connectivity index (χ0n) is 20.2. The molecule has 1 aliphatic rings. The number of piperazine rings is 1. The van der Waals surface area contributed by atoms with Gasteiger partial charge in [-0.2, -0.15) is 0 Å². The molecule has 0 atom stereocenters. The molecule has 3 N–H and O–H groups in total. The van der Waals surface area contributed by atoms with Crippen molar-refractivity contribution in [3.8, 4) is 29.0 Å². The maximum Gasteiger partial charge on any atom is 0.274 e. The summed E-state index contributed by atoms with van der Waals surface area (Å²) in [6.07, 6.45) is 0. The van der Waals surface area contributed by atoms with Crippen molar-refractivity contribution in [2.45, 2.75) is 0 Å². The van der Waals surface area contributed by atoms with Crippen molar-refractivity contribution in [1.82, 2.24) is 20.3 Å². The van der Waals surface area contributed by atoms with E-state index in [1.165, 1.54) is 0 Å². The largest absolute Gasteiger partial charge is 0.497 e. The number of likely N-dealkylation sites (N-methyl/N-ethyl adjacent to an activating group) is 1. The summed E-state index contributed by atoms with van der Waals surface area (Å²) in [5, 5.41) is 8.97. The molecule has 1 amide bonds. The third-order valence-corrected chi connectivity index (χ3v) is 6.37. The minimum Gasteiger partial charge on any atom is -0.497 e. The van der Waals surface area contributed by atoms with Gasteiger partial charge in [-0.3, -0.25) is 10.0 Å². The molecular weight excluding hydrogens is 454 g/mol. The highest BCUT2D eigenvalue weighted by Crippen LogP contribution is 2.29. The summed E-state index contributed by atoms with van der Waals surface area (Å²) < 4.78 is 5.25. The first-order valence-electron chi connectivity index (χ1n) is 11.7. The Morgan fingerprint density at radius 3 is 2.56 bits per heavy atom. The first kappa shape index (κ1) is 23.4. The molecular formula is C28H27N5O3. The molecule has 4 aromatic rings. The van der Waals surface area contributed by atoms with E-state index in [4.69, 9.17) is 14.9 Å². The molecule has 0 radical (unpaired) electrons. The number of hydrogen-bond donors (Lipinski definition) is 3. The SMILES string of the molecule is COc1ccc(C#Cc2cc3[nH]c(-c4cccc(C(=O)NO)c4)nc3cc2N2CCN(C)CC2)cc1. The zero-order chi connectivity index (χ0) is 25.1. The number of hydrogen-bond acceptors (Lipinski definition) is 6. The lowest BCUT2D eigenvalue weighted by Gasteiger charge is -2.34. The number of aromatic amines is 1. The van der Waals surface area contributed by atoms with Gasteiger partial charge in [0.2, 0.25) is 0 Å². The second-order valence-electron chi connectivity index (χ2n) is 8.76. The number of ether oxygens (including phenoxy) is 1. The molecule has 5 rings (SSSR count).